The largest absolute Gasteiger partial charge is 0.309 e. The molecule has 0 amide bonds. The second-order valence-electron chi connectivity index (χ2n) is 28.1. The van der Waals surface area contributed by atoms with Gasteiger partial charge in [0.25, 0.3) is 0 Å². The summed E-state index contributed by atoms with van der Waals surface area (Å²) >= 11 is 25.1. The molecule has 0 radical (unpaired) electrons. The lowest BCUT2D eigenvalue weighted by atomic mass is 9.81. The molecule has 0 atom stereocenters. The Kier molecular flexibility index (Phi) is 17.9. The van der Waals surface area contributed by atoms with E-state index in [2.05, 4.69) is 290 Å². The first-order valence-corrected chi connectivity index (χ1v) is 38.3. The van der Waals surface area contributed by atoms with E-state index in [4.69, 9.17) is 56.4 Å². The number of fused-ring (bicyclic) bond motifs is 18. The highest BCUT2D eigenvalue weighted by Crippen LogP contribution is 2.50. The van der Waals surface area contributed by atoms with Crippen molar-refractivity contribution < 1.29 is 0 Å². The molecule has 0 bridgehead atoms. The van der Waals surface area contributed by atoms with E-state index >= 15 is 0 Å². The van der Waals surface area contributed by atoms with E-state index in [1.165, 1.54) is 49.5 Å². The van der Waals surface area contributed by atoms with Crippen LogP contribution in [0.15, 0.2) is 340 Å². The molecule has 0 unspecified atom stereocenters. The molecule has 6 aromatic heterocycles. The van der Waals surface area contributed by atoms with Crippen molar-refractivity contribution in [2.24, 2.45) is 0 Å². The van der Waals surface area contributed by atoms with E-state index in [0.717, 1.165) is 143 Å². The first-order valence-electron chi connectivity index (χ1n) is 36.8. The second-order valence-corrected chi connectivity index (χ2v) is 29.5. The lowest BCUT2D eigenvalue weighted by Crippen LogP contribution is -2.14. The standard InChI is InChI=1S/C30H18ClN3.C27H19ClN2.C24H15ClN2.C17H10ClN3/c31-30-32-25-16-14-19-8-4-5-11-22(19)28(25)29(33-30)20-15-17-27-24(18-20)23-12-6-7-13-26(23)34(27)21-9-2-1-3-10-21;1-27(2)21-10-6-5-9-19(21)20-13-11-17(15-22(20)27)25-24-18-8-4-3-7-16(18)12-14-23(24)29-26(28)30-25;25-24-26-21-14-13-17-9-4-5-12-20(17)22(21)23(27-24)19-11-6-10-18(15-19)16-7-2-1-3-8-16;18-17-20-13-9-8-11-5-1-2-6-12(11)15(13)16(21-17)14-7-3-4-10-19-14/h1-18H;3-15H,1-2H3;1-15H;1-10H. The smallest absolute Gasteiger partial charge is 0.223 e. The van der Waals surface area contributed by atoms with Crippen LogP contribution in [-0.2, 0) is 5.41 Å². The van der Waals surface area contributed by atoms with Gasteiger partial charge in [-0.15, -0.1) is 0 Å². The zero-order chi connectivity index (χ0) is 75.6. The van der Waals surface area contributed by atoms with Crippen LogP contribution in [0.5, 0.6) is 0 Å². The lowest BCUT2D eigenvalue weighted by molar-refractivity contribution is 0.660. The number of pyridine rings is 1. The third kappa shape index (κ3) is 12.7. The maximum absolute atomic E-state index is 6.40. The fourth-order valence-corrected chi connectivity index (χ4v) is 16.8. The summed E-state index contributed by atoms with van der Waals surface area (Å²) in [6.45, 7) is 4.59. The van der Waals surface area contributed by atoms with Crippen molar-refractivity contribution in [3.63, 3.8) is 0 Å². The van der Waals surface area contributed by atoms with Crippen LogP contribution in [0, 0.1) is 0 Å². The van der Waals surface area contributed by atoms with Crippen molar-refractivity contribution in [2.75, 3.05) is 0 Å². The molecule has 0 saturated carbocycles. The van der Waals surface area contributed by atoms with Gasteiger partial charge in [-0.1, -0.05) is 269 Å². The summed E-state index contributed by atoms with van der Waals surface area (Å²) in [6, 6.07) is 115. The molecule has 10 nitrogen and oxygen atoms in total. The van der Waals surface area contributed by atoms with Crippen molar-refractivity contribution in [2.45, 2.75) is 19.3 Å². The molecule has 1 aliphatic carbocycles. The van der Waals surface area contributed by atoms with E-state index in [1.807, 2.05) is 97.1 Å². The van der Waals surface area contributed by atoms with Crippen LogP contribution in [0.2, 0.25) is 21.1 Å². The molecule has 112 heavy (non-hydrogen) atoms. The zero-order valence-corrected chi connectivity index (χ0v) is 63.3. The number of hydrogen-bond acceptors (Lipinski definition) is 9. The van der Waals surface area contributed by atoms with Gasteiger partial charge in [-0.05, 0) is 202 Å². The van der Waals surface area contributed by atoms with E-state index < -0.39 is 0 Å². The minimum Gasteiger partial charge on any atom is -0.309 e. The van der Waals surface area contributed by atoms with Gasteiger partial charge in [-0.25, -0.2) is 39.9 Å². The third-order valence-electron chi connectivity index (χ3n) is 21.2. The van der Waals surface area contributed by atoms with E-state index in [-0.39, 0.29) is 26.5 Å². The zero-order valence-electron chi connectivity index (χ0n) is 60.3. The summed E-state index contributed by atoms with van der Waals surface area (Å²) in [5.41, 5.74) is 21.7. The van der Waals surface area contributed by atoms with Crippen molar-refractivity contribution in [3.05, 3.63) is 372 Å². The van der Waals surface area contributed by atoms with Gasteiger partial charge in [0.1, 0.15) is 5.69 Å². The highest BCUT2D eigenvalue weighted by molar-refractivity contribution is 6.31. The van der Waals surface area contributed by atoms with Gasteiger partial charge in [0.2, 0.25) is 21.1 Å². The molecule has 14 heteroatoms. The van der Waals surface area contributed by atoms with Crippen LogP contribution < -0.4 is 0 Å². The molecule has 0 N–H and O–H groups in total. The summed E-state index contributed by atoms with van der Waals surface area (Å²) in [7, 11) is 0. The molecule has 0 spiro atoms. The number of benzene rings is 15. The molecular formula is C98H62Cl4N10. The SMILES string of the molecule is CC1(C)c2ccccc2-c2ccc(-c3nc(Cl)nc4ccc5ccccc5c34)cc21.Clc1nc(-c2ccc3c(c2)c2ccccc2n3-c2ccccc2)c2c(ccc3ccccc32)n1.Clc1nc(-c2cccc(-c3ccccc3)c2)c2c(ccc3ccccc32)n1.Clc1nc(-c2ccccn2)c2c(ccc3ccccc32)n1. The average molecular weight is 1520 g/mol. The number of halogens is 4. The van der Waals surface area contributed by atoms with Gasteiger partial charge in [0, 0.05) is 66.3 Å². The molecule has 22 rings (SSSR count). The van der Waals surface area contributed by atoms with E-state index in [1.54, 1.807) is 6.20 Å². The van der Waals surface area contributed by atoms with Crippen LogP contribution >= 0.6 is 46.4 Å². The van der Waals surface area contributed by atoms with Gasteiger partial charge in [-0.2, -0.15) is 0 Å². The molecule has 15 aromatic carbocycles. The molecule has 1 aliphatic rings. The van der Waals surface area contributed by atoms with Crippen LogP contribution in [0.25, 0.3) is 182 Å². The summed E-state index contributed by atoms with van der Waals surface area (Å²) in [4.78, 5) is 40.6. The summed E-state index contributed by atoms with van der Waals surface area (Å²) < 4.78 is 2.31. The fourth-order valence-electron chi connectivity index (χ4n) is 16.1. The monoisotopic (exact) mass is 1520 g/mol. The minimum absolute atomic E-state index is 0.0589. The van der Waals surface area contributed by atoms with E-state index in [9.17, 15) is 0 Å². The van der Waals surface area contributed by atoms with Crippen molar-refractivity contribution in [3.8, 4) is 73.1 Å². The van der Waals surface area contributed by atoms with Gasteiger partial charge in [0.15, 0.2) is 0 Å². The minimum atomic E-state index is -0.0589. The van der Waals surface area contributed by atoms with Crippen molar-refractivity contribution >= 4 is 155 Å². The molecule has 0 aliphatic heterocycles. The highest BCUT2D eigenvalue weighted by atomic mass is 35.5. The fraction of sp³-hybridized carbons (Fsp3) is 0.0306. The second kappa shape index (κ2) is 29.0. The van der Waals surface area contributed by atoms with Crippen LogP contribution in [-0.4, -0.2) is 49.4 Å². The normalized spacial score (nSPS) is 12.1. The number of rotatable bonds is 6. The predicted molar refractivity (Wildman–Crippen MR) is 465 cm³/mol. The maximum atomic E-state index is 6.40. The molecule has 0 saturated heterocycles. The number of hydrogen-bond donors (Lipinski definition) is 0. The summed E-state index contributed by atoms with van der Waals surface area (Å²) in [5, 5.41) is 16.6. The van der Waals surface area contributed by atoms with Gasteiger partial charge < -0.3 is 4.57 Å². The van der Waals surface area contributed by atoms with Gasteiger partial charge in [0.05, 0.1) is 55.9 Å². The van der Waals surface area contributed by atoms with Gasteiger partial charge in [-0.3, -0.25) is 4.98 Å². The third-order valence-corrected chi connectivity index (χ3v) is 21.9. The Morgan fingerprint density at radius 2 is 0.652 bits per heavy atom. The summed E-state index contributed by atoms with van der Waals surface area (Å²) in [6.07, 6.45) is 1.75. The number of nitrogens with zero attached hydrogens (tertiary/aromatic N) is 10. The molecule has 532 valence electrons. The van der Waals surface area contributed by atoms with E-state index in [0.29, 0.717) is 0 Å². The highest BCUT2D eigenvalue weighted by Gasteiger charge is 2.36. The maximum Gasteiger partial charge on any atom is 0.223 e. The van der Waals surface area contributed by atoms with Gasteiger partial charge >= 0.3 is 0 Å². The lowest BCUT2D eigenvalue weighted by Gasteiger charge is -2.22. The molecule has 21 aromatic rings. The number of para-hydroxylation sites is 2. The van der Waals surface area contributed by atoms with Crippen LogP contribution in [0.3, 0.4) is 0 Å². The molecule has 0 fully saturated rings. The Morgan fingerprint density at radius 3 is 1.18 bits per heavy atom. The number of aromatic nitrogens is 10. The predicted octanol–water partition coefficient (Wildman–Crippen LogP) is 26.9. The Bertz CT molecular complexity index is 7300. The molecular weight excluding hydrogens is 1460 g/mol. The van der Waals surface area contributed by atoms with Crippen molar-refractivity contribution in [1.82, 2.24) is 49.4 Å². The first-order chi connectivity index (χ1) is 54.9. The Hall–Kier alpha value is -13.2. The first kappa shape index (κ1) is 69.3. The Balaban J connectivity index is 0.000000102. The molecule has 6 heterocycles. The van der Waals surface area contributed by atoms with Crippen LogP contribution in [0.1, 0.15) is 25.0 Å². The summed E-state index contributed by atoms with van der Waals surface area (Å²) in [5.74, 6) is 0. The Labute approximate surface area is 664 Å². The van der Waals surface area contributed by atoms with Crippen LogP contribution in [0.4, 0.5) is 0 Å². The average Bonchev–Trinajstić information content (AvgIpc) is 1.62. The topological polar surface area (TPSA) is 121 Å². The quantitative estimate of drug-likeness (QED) is 0.118. The Morgan fingerprint density at radius 1 is 0.259 bits per heavy atom. The van der Waals surface area contributed by atoms with Crippen molar-refractivity contribution in [1.29, 1.82) is 0 Å².